The second-order valence-electron chi connectivity index (χ2n) is 4.74. The van der Waals surface area contributed by atoms with Gasteiger partial charge in [-0.05, 0) is 65.6 Å². The SMILES string of the molecule is CCCNC(C)c1ccc(SCc2ccc(Br)s2)cc1. The maximum atomic E-state index is 3.52. The normalized spacial score (nSPS) is 12.6. The van der Waals surface area contributed by atoms with Crippen LogP contribution in [-0.4, -0.2) is 6.54 Å². The Balaban J connectivity index is 1.87. The smallest absolute Gasteiger partial charge is 0.0701 e. The van der Waals surface area contributed by atoms with Gasteiger partial charge in [-0.15, -0.1) is 23.1 Å². The van der Waals surface area contributed by atoms with Gasteiger partial charge in [0.2, 0.25) is 0 Å². The molecular weight excluding hydrogens is 350 g/mol. The average Bonchev–Trinajstić information content (AvgIpc) is 2.89. The van der Waals surface area contributed by atoms with Crippen molar-refractivity contribution >= 4 is 39.0 Å². The summed E-state index contributed by atoms with van der Waals surface area (Å²) in [4.78, 5) is 2.74. The summed E-state index contributed by atoms with van der Waals surface area (Å²) in [7, 11) is 0. The highest BCUT2D eigenvalue weighted by Gasteiger charge is 2.04. The van der Waals surface area contributed by atoms with Crippen molar-refractivity contribution in [2.45, 2.75) is 37.0 Å². The third-order valence-corrected chi connectivity index (χ3v) is 5.96. The number of thioether (sulfide) groups is 1. The molecule has 20 heavy (non-hydrogen) atoms. The topological polar surface area (TPSA) is 12.0 Å². The average molecular weight is 370 g/mol. The van der Waals surface area contributed by atoms with Crippen LogP contribution < -0.4 is 5.32 Å². The van der Waals surface area contributed by atoms with E-state index >= 15 is 0 Å². The van der Waals surface area contributed by atoms with Crippen LogP contribution in [0, 0.1) is 0 Å². The molecule has 1 aromatic carbocycles. The first-order valence-electron chi connectivity index (χ1n) is 6.89. The Hall–Kier alpha value is -0.290. The van der Waals surface area contributed by atoms with E-state index in [0.717, 1.165) is 12.3 Å². The summed E-state index contributed by atoms with van der Waals surface area (Å²) >= 11 is 7.21. The molecule has 0 saturated heterocycles. The standard InChI is InChI=1S/C16H20BrNS2/c1-3-10-18-12(2)13-4-6-14(7-5-13)19-11-15-8-9-16(17)20-15/h4-9,12,18H,3,10-11H2,1-2H3. The van der Waals surface area contributed by atoms with Gasteiger partial charge in [-0.2, -0.15) is 0 Å². The van der Waals surface area contributed by atoms with Gasteiger partial charge in [0.05, 0.1) is 3.79 Å². The third-order valence-electron chi connectivity index (χ3n) is 3.09. The molecule has 0 spiro atoms. The Labute approximate surface area is 138 Å². The number of benzene rings is 1. The van der Waals surface area contributed by atoms with Gasteiger partial charge in [-0.3, -0.25) is 0 Å². The molecule has 0 aliphatic carbocycles. The largest absolute Gasteiger partial charge is 0.310 e. The van der Waals surface area contributed by atoms with E-state index in [9.17, 15) is 0 Å². The first-order chi connectivity index (χ1) is 9.69. The fourth-order valence-corrected chi connectivity index (χ4v) is 4.34. The molecule has 1 heterocycles. The highest BCUT2D eigenvalue weighted by molar-refractivity contribution is 9.11. The van der Waals surface area contributed by atoms with Crippen molar-refractivity contribution in [1.82, 2.24) is 5.32 Å². The first kappa shape index (κ1) is 16.1. The maximum Gasteiger partial charge on any atom is 0.0701 e. The van der Waals surface area contributed by atoms with Crippen LogP contribution in [0.3, 0.4) is 0 Å². The number of nitrogens with one attached hydrogen (secondary N) is 1. The predicted molar refractivity (Wildman–Crippen MR) is 94.7 cm³/mol. The van der Waals surface area contributed by atoms with Gasteiger partial charge in [0.15, 0.2) is 0 Å². The van der Waals surface area contributed by atoms with Gasteiger partial charge >= 0.3 is 0 Å². The van der Waals surface area contributed by atoms with Crippen LogP contribution >= 0.6 is 39.0 Å². The van der Waals surface area contributed by atoms with Crippen LogP contribution in [0.15, 0.2) is 45.1 Å². The van der Waals surface area contributed by atoms with Gasteiger partial charge in [0.1, 0.15) is 0 Å². The van der Waals surface area contributed by atoms with Crippen LogP contribution in [0.2, 0.25) is 0 Å². The van der Waals surface area contributed by atoms with Crippen molar-refractivity contribution in [1.29, 1.82) is 0 Å². The molecule has 1 N–H and O–H groups in total. The van der Waals surface area contributed by atoms with Crippen molar-refractivity contribution in [3.8, 4) is 0 Å². The second-order valence-corrected chi connectivity index (χ2v) is 8.34. The van der Waals surface area contributed by atoms with Crippen LogP contribution in [0.5, 0.6) is 0 Å². The van der Waals surface area contributed by atoms with Gasteiger partial charge in [0, 0.05) is 21.6 Å². The summed E-state index contributed by atoms with van der Waals surface area (Å²) < 4.78 is 1.21. The van der Waals surface area contributed by atoms with E-state index in [1.807, 2.05) is 23.1 Å². The molecular formula is C16H20BrNS2. The molecule has 2 rings (SSSR count). The molecule has 1 aromatic heterocycles. The summed E-state index contributed by atoms with van der Waals surface area (Å²) in [5.74, 6) is 1.04. The minimum atomic E-state index is 0.433. The summed E-state index contributed by atoms with van der Waals surface area (Å²) in [6, 6.07) is 13.7. The lowest BCUT2D eigenvalue weighted by Gasteiger charge is -2.13. The van der Waals surface area contributed by atoms with E-state index in [2.05, 4.69) is 71.5 Å². The Morgan fingerprint density at radius 1 is 1.20 bits per heavy atom. The van der Waals surface area contributed by atoms with Crippen LogP contribution in [0.1, 0.15) is 36.8 Å². The second kappa shape index (κ2) is 8.23. The number of hydrogen-bond acceptors (Lipinski definition) is 3. The quantitative estimate of drug-likeness (QED) is 0.613. The number of rotatable bonds is 7. The van der Waals surface area contributed by atoms with E-state index in [4.69, 9.17) is 0 Å². The van der Waals surface area contributed by atoms with E-state index in [0.29, 0.717) is 6.04 Å². The fourth-order valence-electron chi connectivity index (χ4n) is 1.92. The summed E-state index contributed by atoms with van der Waals surface area (Å²) in [6.45, 7) is 5.49. The van der Waals surface area contributed by atoms with Crippen LogP contribution in [0.4, 0.5) is 0 Å². The van der Waals surface area contributed by atoms with E-state index < -0.39 is 0 Å². The van der Waals surface area contributed by atoms with E-state index in [1.165, 1.54) is 25.5 Å². The zero-order chi connectivity index (χ0) is 14.4. The third kappa shape index (κ3) is 4.92. The van der Waals surface area contributed by atoms with E-state index in [1.54, 1.807) is 0 Å². The summed E-state index contributed by atoms with van der Waals surface area (Å²) in [5, 5.41) is 3.52. The molecule has 1 nitrogen and oxygen atoms in total. The Morgan fingerprint density at radius 2 is 1.95 bits per heavy atom. The van der Waals surface area contributed by atoms with Crippen molar-refractivity contribution < 1.29 is 0 Å². The molecule has 108 valence electrons. The van der Waals surface area contributed by atoms with Crippen LogP contribution in [-0.2, 0) is 5.75 Å². The highest BCUT2D eigenvalue weighted by atomic mass is 79.9. The van der Waals surface area contributed by atoms with Gasteiger partial charge in [-0.1, -0.05) is 19.1 Å². The summed E-state index contributed by atoms with van der Waals surface area (Å²) in [6.07, 6.45) is 1.18. The zero-order valence-corrected chi connectivity index (χ0v) is 15.1. The van der Waals surface area contributed by atoms with Crippen molar-refractivity contribution in [3.63, 3.8) is 0 Å². The highest BCUT2D eigenvalue weighted by Crippen LogP contribution is 2.29. The lowest BCUT2D eigenvalue weighted by Crippen LogP contribution is -2.19. The van der Waals surface area contributed by atoms with Crippen molar-refractivity contribution in [2.24, 2.45) is 0 Å². The van der Waals surface area contributed by atoms with E-state index in [-0.39, 0.29) is 0 Å². The molecule has 0 amide bonds. The number of hydrogen-bond donors (Lipinski definition) is 1. The lowest BCUT2D eigenvalue weighted by molar-refractivity contribution is 0.570. The van der Waals surface area contributed by atoms with Gasteiger partial charge in [-0.25, -0.2) is 0 Å². The van der Waals surface area contributed by atoms with Gasteiger partial charge < -0.3 is 5.32 Å². The van der Waals surface area contributed by atoms with Crippen molar-refractivity contribution in [3.05, 3.63) is 50.6 Å². The Bertz CT molecular complexity index is 522. The molecule has 4 heteroatoms. The molecule has 0 radical (unpaired) electrons. The molecule has 0 saturated carbocycles. The lowest BCUT2D eigenvalue weighted by atomic mass is 10.1. The Morgan fingerprint density at radius 3 is 2.55 bits per heavy atom. The predicted octanol–water partition coefficient (Wildman–Crippen LogP) is 5.86. The van der Waals surface area contributed by atoms with Crippen molar-refractivity contribution in [2.75, 3.05) is 6.54 Å². The minimum absolute atomic E-state index is 0.433. The molecule has 1 unspecified atom stereocenters. The molecule has 0 aliphatic heterocycles. The molecule has 2 aromatic rings. The number of thiophene rings is 1. The monoisotopic (exact) mass is 369 g/mol. The molecule has 1 atom stereocenters. The van der Waals surface area contributed by atoms with Crippen LogP contribution in [0.25, 0.3) is 0 Å². The molecule has 0 fully saturated rings. The minimum Gasteiger partial charge on any atom is -0.310 e. The molecule has 0 bridgehead atoms. The zero-order valence-electron chi connectivity index (χ0n) is 11.9. The first-order valence-corrected chi connectivity index (χ1v) is 9.49. The fraction of sp³-hybridized carbons (Fsp3) is 0.375. The maximum absolute atomic E-state index is 3.52. The molecule has 0 aliphatic rings. The Kier molecular flexibility index (Phi) is 6.62. The summed E-state index contributed by atoms with van der Waals surface area (Å²) in [5.41, 5.74) is 1.36. The van der Waals surface area contributed by atoms with Gasteiger partial charge in [0.25, 0.3) is 0 Å². The number of halogens is 1.